The van der Waals surface area contributed by atoms with Crippen molar-refractivity contribution in [2.45, 2.75) is 33.4 Å². The van der Waals surface area contributed by atoms with E-state index < -0.39 is 0 Å². The molecule has 0 bridgehead atoms. The summed E-state index contributed by atoms with van der Waals surface area (Å²) in [6.45, 7) is 6.02. The summed E-state index contributed by atoms with van der Waals surface area (Å²) in [4.78, 5) is 8.58. The first-order valence-electron chi connectivity index (χ1n) is 7.14. The summed E-state index contributed by atoms with van der Waals surface area (Å²) in [6, 6.07) is 9.96. The predicted molar refractivity (Wildman–Crippen MR) is 85.5 cm³/mol. The van der Waals surface area contributed by atoms with Crippen LogP contribution in [-0.4, -0.2) is 16.6 Å². The molecule has 0 unspecified atom stereocenters. The van der Waals surface area contributed by atoms with E-state index in [0.29, 0.717) is 24.9 Å². The van der Waals surface area contributed by atoms with E-state index in [1.807, 2.05) is 26.0 Å². The normalized spacial score (nSPS) is 10.6. The topological polar surface area (TPSA) is 47.0 Å². The van der Waals surface area contributed by atoms with Crippen molar-refractivity contribution in [1.82, 2.24) is 9.97 Å². The summed E-state index contributed by atoms with van der Waals surface area (Å²) < 4.78 is 5.49. The van der Waals surface area contributed by atoms with Crippen LogP contribution in [0.4, 0.5) is 5.82 Å². The molecule has 0 saturated heterocycles. The van der Waals surface area contributed by atoms with Gasteiger partial charge in [0, 0.05) is 25.6 Å². The second-order valence-corrected chi connectivity index (χ2v) is 4.99. The maximum absolute atomic E-state index is 6.00. The molecule has 112 valence electrons. The molecule has 0 aliphatic heterocycles. The smallest absolute Gasteiger partial charge is 0.134 e. The number of nitrogens with zero attached hydrogens (tertiary/aromatic N) is 2. The maximum atomic E-state index is 6.00. The molecular weight excluding hydrogens is 286 g/mol. The molecule has 1 N–H and O–H groups in total. The average Bonchev–Trinajstić information content (AvgIpc) is 2.51. The number of anilines is 1. The van der Waals surface area contributed by atoms with Gasteiger partial charge in [-0.3, -0.25) is 0 Å². The molecule has 2 rings (SSSR count). The summed E-state index contributed by atoms with van der Waals surface area (Å²) >= 11 is 6.00. The molecule has 4 nitrogen and oxygen atoms in total. The van der Waals surface area contributed by atoms with Gasteiger partial charge in [-0.15, -0.1) is 0 Å². The van der Waals surface area contributed by atoms with Gasteiger partial charge < -0.3 is 10.1 Å². The number of halogens is 1. The van der Waals surface area contributed by atoms with Crippen molar-refractivity contribution in [3.8, 4) is 0 Å². The van der Waals surface area contributed by atoms with Crippen molar-refractivity contribution >= 4 is 17.4 Å². The SMILES string of the molecule is CCOCc1ccccc1CNc1cc(Cl)nc(CC)n1. The van der Waals surface area contributed by atoms with Crippen LogP contribution in [0.25, 0.3) is 0 Å². The Morgan fingerprint density at radius 3 is 2.62 bits per heavy atom. The van der Waals surface area contributed by atoms with Crippen LogP contribution in [0, 0.1) is 0 Å². The first kappa shape index (κ1) is 15.7. The number of ether oxygens (including phenoxy) is 1. The highest BCUT2D eigenvalue weighted by molar-refractivity contribution is 6.29. The molecule has 1 heterocycles. The first-order chi connectivity index (χ1) is 10.2. The number of benzene rings is 1. The van der Waals surface area contributed by atoms with Crippen LogP contribution in [0.1, 0.15) is 30.8 Å². The number of hydrogen-bond acceptors (Lipinski definition) is 4. The van der Waals surface area contributed by atoms with Gasteiger partial charge in [-0.05, 0) is 18.1 Å². The van der Waals surface area contributed by atoms with Crippen LogP contribution in [0.3, 0.4) is 0 Å². The van der Waals surface area contributed by atoms with Gasteiger partial charge in [-0.2, -0.15) is 0 Å². The molecule has 0 saturated carbocycles. The lowest BCUT2D eigenvalue weighted by atomic mass is 10.1. The Morgan fingerprint density at radius 1 is 1.14 bits per heavy atom. The van der Waals surface area contributed by atoms with Crippen molar-refractivity contribution in [3.63, 3.8) is 0 Å². The zero-order valence-electron chi connectivity index (χ0n) is 12.4. The van der Waals surface area contributed by atoms with Gasteiger partial charge in [0.15, 0.2) is 0 Å². The van der Waals surface area contributed by atoms with Gasteiger partial charge in [0.25, 0.3) is 0 Å². The van der Waals surface area contributed by atoms with E-state index in [-0.39, 0.29) is 0 Å². The van der Waals surface area contributed by atoms with Crippen LogP contribution in [0.15, 0.2) is 30.3 Å². The minimum Gasteiger partial charge on any atom is -0.377 e. The summed E-state index contributed by atoms with van der Waals surface area (Å²) in [5, 5.41) is 3.77. The third kappa shape index (κ3) is 4.69. The Hall–Kier alpha value is -1.65. The van der Waals surface area contributed by atoms with Crippen LogP contribution in [-0.2, 0) is 24.3 Å². The first-order valence-corrected chi connectivity index (χ1v) is 7.52. The van der Waals surface area contributed by atoms with Gasteiger partial charge in [0.05, 0.1) is 6.61 Å². The molecule has 21 heavy (non-hydrogen) atoms. The highest BCUT2D eigenvalue weighted by Crippen LogP contribution is 2.15. The van der Waals surface area contributed by atoms with E-state index in [4.69, 9.17) is 16.3 Å². The fraction of sp³-hybridized carbons (Fsp3) is 0.375. The van der Waals surface area contributed by atoms with Crippen LogP contribution in [0.5, 0.6) is 0 Å². The highest BCUT2D eigenvalue weighted by atomic mass is 35.5. The lowest BCUT2D eigenvalue weighted by Gasteiger charge is -2.11. The minimum absolute atomic E-state index is 0.465. The lowest BCUT2D eigenvalue weighted by molar-refractivity contribution is 0.133. The zero-order valence-corrected chi connectivity index (χ0v) is 13.2. The minimum atomic E-state index is 0.465. The predicted octanol–water partition coefficient (Wildman–Crippen LogP) is 3.84. The molecule has 0 atom stereocenters. The summed E-state index contributed by atoms with van der Waals surface area (Å²) in [5.74, 6) is 1.49. The van der Waals surface area contributed by atoms with Gasteiger partial charge in [-0.1, -0.05) is 42.8 Å². The molecule has 0 amide bonds. The standard InChI is InChI=1S/C16H20ClN3O/c1-3-15-19-14(17)9-16(20-15)18-10-12-7-5-6-8-13(12)11-21-4-2/h5-9H,3-4,10-11H2,1-2H3,(H,18,19,20). The van der Waals surface area contributed by atoms with E-state index >= 15 is 0 Å². The van der Waals surface area contributed by atoms with Gasteiger partial charge in [0.2, 0.25) is 0 Å². The summed E-state index contributed by atoms with van der Waals surface area (Å²) in [6.07, 6.45) is 0.760. The molecule has 5 heteroatoms. The summed E-state index contributed by atoms with van der Waals surface area (Å²) in [5.41, 5.74) is 2.38. The Morgan fingerprint density at radius 2 is 1.90 bits per heavy atom. The van der Waals surface area contributed by atoms with Gasteiger partial charge in [-0.25, -0.2) is 9.97 Å². The number of rotatable bonds is 7. The number of aryl methyl sites for hydroxylation is 1. The van der Waals surface area contributed by atoms with Crippen LogP contribution < -0.4 is 5.32 Å². The fourth-order valence-corrected chi connectivity index (χ4v) is 2.18. The largest absolute Gasteiger partial charge is 0.377 e. The molecular formula is C16H20ClN3O. The Kier molecular flexibility index (Phi) is 5.96. The number of aromatic nitrogens is 2. The number of nitrogens with one attached hydrogen (secondary N) is 1. The molecule has 0 aliphatic rings. The lowest BCUT2D eigenvalue weighted by Crippen LogP contribution is -2.07. The van der Waals surface area contributed by atoms with Gasteiger partial charge >= 0.3 is 0 Å². The van der Waals surface area contributed by atoms with Gasteiger partial charge in [0.1, 0.15) is 16.8 Å². The van der Waals surface area contributed by atoms with Crippen molar-refractivity contribution in [1.29, 1.82) is 0 Å². The molecule has 0 fully saturated rings. The van der Waals surface area contributed by atoms with E-state index in [0.717, 1.165) is 18.1 Å². The van der Waals surface area contributed by atoms with Crippen molar-refractivity contribution in [2.24, 2.45) is 0 Å². The Balaban J connectivity index is 2.07. The quantitative estimate of drug-likeness (QED) is 0.790. The molecule has 0 radical (unpaired) electrons. The van der Waals surface area contributed by atoms with Crippen LogP contribution >= 0.6 is 11.6 Å². The second-order valence-electron chi connectivity index (χ2n) is 4.61. The highest BCUT2D eigenvalue weighted by Gasteiger charge is 2.04. The fourth-order valence-electron chi connectivity index (χ4n) is 1.98. The molecule has 2 aromatic rings. The Bertz CT molecular complexity index is 589. The molecule has 1 aromatic heterocycles. The van der Waals surface area contributed by atoms with Crippen molar-refractivity contribution in [3.05, 3.63) is 52.4 Å². The molecule has 0 aliphatic carbocycles. The third-order valence-electron chi connectivity index (χ3n) is 3.10. The second kappa shape index (κ2) is 7.96. The third-order valence-corrected chi connectivity index (χ3v) is 3.29. The summed E-state index contributed by atoms with van der Waals surface area (Å²) in [7, 11) is 0. The van der Waals surface area contributed by atoms with E-state index in [1.54, 1.807) is 6.07 Å². The number of hydrogen-bond donors (Lipinski definition) is 1. The van der Waals surface area contributed by atoms with Crippen molar-refractivity contribution in [2.75, 3.05) is 11.9 Å². The van der Waals surface area contributed by atoms with Crippen LogP contribution in [0.2, 0.25) is 5.15 Å². The molecule has 1 aromatic carbocycles. The maximum Gasteiger partial charge on any atom is 0.134 e. The zero-order chi connectivity index (χ0) is 15.1. The van der Waals surface area contributed by atoms with E-state index in [1.165, 1.54) is 11.1 Å². The van der Waals surface area contributed by atoms with Crippen molar-refractivity contribution < 1.29 is 4.74 Å². The Labute approximate surface area is 130 Å². The van der Waals surface area contributed by atoms with E-state index in [2.05, 4.69) is 27.4 Å². The average molecular weight is 306 g/mol. The molecule has 0 spiro atoms. The monoisotopic (exact) mass is 305 g/mol. The van der Waals surface area contributed by atoms with E-state index in [9.17, 15) is 0 Å².